The van der Waals surface area contributed by atoms with Gasteiger partial charge < -0.3 is 4.74 Å². The first-order valence-electron chi connectivity index (χ1n) is 6.27. The monoisotopic (exact) mass is 395 g/mol. The highest BCUT2D eigenvalue weighted by atomic mass is 79.9. The minimum absolute atomic E-state index is 0.190. The van der Waals surface area contributed by atoms with Gasteiger partial charge in [-0.2, -0.15) is 0 Å². The average molecular weight is 397 g/mol. The normalized spacial score (nSPS) is 15.9. The Hall–Kier alpha value is -1.62. The first-order valence-corrected chi connectivity index (χ1v) is 7.82. The molecule has 2 aromatic rings. The maximum Gasteiger partial charge on any atom is 0.363 e. The summed E-state index contributed by atoms with van der Waals surface area (Å²) in [5, 5.41) is 0.968. The molecule has 2 aromatic carbocycles. The van der Waals surface area contributed by atoms with E-state index in [1.54, 1.807) is 24.3 Å². The van der Waals surface area contributed by atoms with Crippen molar-refractivity contribution in [1.29, 1.82) is 0 Å². The molecule has 0 saturated heterocycles. The predicted octanol–water partition coefficient (Wildman–Crippen LogP) is 5.10. The quantitative estimate of drug-likeness (QED) is 0.523. The van der Waals surface area contributed by atoms with E-state index >= 15 is 0 Å². The lowest BCUT2D eigenvalue weighted by Gasteiger charge is -2.01. The Balaban J connectivity index is 2.00. The molecule has 0 aliphatic carbocycles. The van der Waals surface area contributed by atoms with Gasteiger partial charge in [-0.25, -0.2) is 9.79 Å². The van der Waals surface area contributed by atoms with E-state index in [0.717, 1.165) is 4.47 Å². The van der Waals surface area contributed by atoms with E-state index in [9.17, 15) is 4.79 Å². The van der Waals surface area contributed by atoms with Gasteiger partial charge in [0.1, 0.15) is 0 Å². The zero-order valence-electron chi connectivity index (χ0n) is 11.0. The number of benzene rings is 2. The number of ether oxygens (including phenoxy) is 1. The lowest BCUT2D eigenvalue weighted by molar-refractivity contribution is -0.129. The van der Waals surface area contributed by atoms with Gasteiger partial charge in [-0.05, 0) is 51.8 Å². The highest BCUT2D eigenvalue weighted by Crippen LogP contribution is 2.27. The van der Waals surface area contributed by atoms with Gasteiger partial charge in [0.05, 0.1) is 5.56 Å². The molecule has 0 saturated carbocycles. The first-order chi connectivity index (χ1) is 10.5. The van der Waals surface area contributed by atoms with Crippen LogP contribution < -0.4 is 0 Å². The van der Waals surface area contributed by atoms with E-state index in [2.05, 4.69) is 20.9 Å². The number of halogens is 3. The Morgan fingerprint density at radius 1 is 1.14 bits per heavy atom. The van der Waals surface area contributed by atoms with E-state index < -0.39 is 5.97 Å². The zero-order chi connectivity index (χ0) is 15.7. The van der Waals surface area contributed by atoms with Crippen LogP contribution in [0.2, 0.25) is 10.0 Å². The average Bonchev–Trinajstić information content (AvgIpc) is 2.83. The molecule has 0 amide bonds. The molecule has 0 unspecified atom stereocenters. The molecule has 6 heteroatoms. The van der Waals surface area contributed by atoms with Gasteiger partial charge >= 0.3 is 5.97 Å². The van der Waals surface area contributed by atoms with Crippen molar-refractivity contribution in [3.05, 3.63) is 73.8 Å². The van der Waals surface area contributed by atoms with Crippen molar-refractivity contribution in [2.24, 2.45) is 4.99 Å². The fraction of sp³-hybridized carbons (Fsp3) is 0. The summed E-state index contributed by atoms with van der Waals surface area (Å²) in [6, 6.07) is 12.4. The Labute approximate surface area is 145 Å². The minimum atomic E-state index is -0.517. The van der Waals surface area contributed by atoms with Crippen LogP contribution in [0.1, 0.15) is 11.1 Å². The summed E-state index contributed by atoms with van der Waals surface area (Å²) in [5.41, 5.74) is 1.55. The third-order valence-corrected chi connectivity index (χ3v) is 4.23. The zero-order valence-corrected chi connectivity index (χ0v) is 14.1. The van der Waals surface area contributed by atoms with Gasteiger partial charge in [0, 0.05) is 14.5 Å². The van der Waals surface area contributed by atoms with Gasteiger partial charge in [-0.3, -0.25) is 0 Å². The summed E-state index contributed by atoms with van der Waals surface area (Å²) in [6.07, 6.45) is 1.57. The molecule has 0 radical (unpaired) electrons. The standard InChI is InChI=1S/C16H8BrCl2NO2/c17-12-4-2-1-3-11(12)15-20-14(16(21)22-15)7-9-5-6-10(18)8-13(9)19/h1-8H/b14-7+. The number of carbonyl (C=O) groups is 1. The van der Waals surface area contributed by atoms with Gasteiger partial charge in [0.15, 0.2) is 5.70 Å². The second-order valence-electron chi connectivity index (χ2n) is 4.48. The van der Waals surface area contributed by atoms with Crippen LogP contribution in [0.3, 0.4) is 0 Å². The summed E-state index contributed by atoms with van der Waals surface area (Å²) in [7, 11) is 0. The molecule has 0 spiro atoms. The fourth-order valence-electron chi connectivity index (χ4n) is 1.92. The van der Waals surface area contributed by atoms with Gasteiger partial charge in [0.25, 0.3) is 0 Å². The molecule has 1 aliphatic rings. The number of aliphatic imine (C=N–C) groups is 1. The molecule has 0 N–H and O–H groups in total. The second kappa shape index (κ2) is 6.24. The van der Waals surface area contributed by atoms with E-state index in [1.165, 1.54) is 0 Å². The smallest absolute Gasteiger partial charge is 0.363 e. The van der Waals surface area contributed by atoms with Gasteiger partial charge in [-0.1, -0.05) is 41.4 Å². The van der Waals surface area contributed by atoms with Crippen LogP contribution in [-0.4, -0.2) is 11.9 Å². The van der Waals surface area contributed by atoms with Crippen molar-refractivity contribution >= 4 is 57.1 Å². The Morgan fingerprint density at radius 2 is 1.91 bits per heavy atom. The van der Waals surface area contributed by atoms with Crippen LogP contribution in [-0.2, 0) is 9.53 Å². The van der Waals surface area contributed by atoms with Crippen LogP contribution in [0.15, 0.2) is 57.6 Å². The van der Waals surface area contributed by atoms with E-state index in [1.807, 2.05) is 24.3 Å². The Kier molecular flexibility index (Phi) is 4.34. The summed E-state index contributed by atoms with van der Waals surface area (Å²) >= 11 is 15.4. The minimum Gasteiger partial charge on any atom is -0.402 e. The molecule has 3 rings (SSSR count). The van der Waals surface area contributed by atoms with Gasteiger partial charge in [-0.15, -0.1) is 0 Å². The number of cyclic esters (lactones) is 1. The number of esters is 1. The highest BCUT2D eigenvalue weighted by molar-refractivity contribution is 9.10. The number of nitrogens with zero attached hydrogens (tertiary/aromatic N) is 1. The van der Waals surface area contributed by atoms with Crippen LogP contribution in [0.5, 0.6) is 0 Å². The highest BCUT2D eigenvalue weighted by Gasteiger charge is 2.25. The molecular weight excluding hydrogens is 389 g/mol. The van der Waals surface area contributed by atoms with Crippen molar-refractivity contribution < 1.29 is 9.53 Å². The summed E-state index contributed by atoms with van der Waals surface area (Å²) < 4.78 is 6.02. The van der Waals surface area contributed by atoms with Crippen molar-refractivity contribution in [3.8, 4) is 0 Å². The molecule has 3 nitrogen and oxygen atoms in total. The third kappa shape index (κ3) is 3.09. The van der Waals surface area contributed by atoms with E-state index in [0.29, 0.717) is 21.2 Å². The number of hydrogen-bond acceptors (Lipinski definition) is 3. The van der Waals surface area contributed by atoms with E-state index in [-0.39, 0.29) is 11.6 Å². The van der Waals surface area contributed by atoms with Crippen LogP contribution in [0.4, 0.5) is 0 Å². The molecule has 0 aromatic heterocycles. The summed E-state index contributed by atoms with van der Waals surface area (Å²) in [5.74, 6) is -0.259. The SMILES string of the molecule is O=C1OC(c2ccccc2Br)=N/C1=C/c1ccc(Cl)cc1Cl. The van der Waals surface area contributed by atoms with Crippen molar-refractivity contribution in [2.75, 3.05) is 0 Å². The Morgan fingerprint density at radius 3 is 2.64 bits per heavy atom. The Bertz CT molecular complexity index is 831. The van der Waals surface area contributed by atoms with Crippen LogP contribution >= 0.6 is 39.1 Å². The number of rotatable bonds is 2. The summed E-state index contributed by atoms with van der Waals surface area (Å²) in [4.78, 5) is 16.2. The topological polar surface area (TPSA) is 38.7 Å². The number of hydrogen-bond donors (Lipinski definition) is 0. The molecule has 110 valence electrons. The molecule has 0 fully saturated rings. The molecule has 0 atom stereocenters. The maximum absolute atomic E-state index is 12.0. The lowest BCUT2D eigenvalue weighted by atomic mass is 10.2. The lowest BCUT2D eigenvalue weighted by Crippen LogP contribution is -2.05. The molecular formula is C16H8BrCl2NO2. The van der Waals surface area contributed by atoms with Crippen LogP contribution in [0.25, 0.3) is 6.08 Å². The molecule has 1 heterocycles. The van der Waals surface area contributed by atoms with Crippen LogP contribution in [0, 0.1) is 0 Å². The molecule has 22 heavy (non-hydrogen) atoms. The first kappa shape index (κ1) is 15.3. The fourth-order valence-corrected chi connectivity index (χ4v) is 2.84. The predicted molar refractivity (Wildman–Crippen MR) is 91.2 cm³/mol. The van der Waals surface area contributed by atoms with Crippen molar-refractivity contribution in [3.63, 3.8) is 0 Å². The summed E-state index contributed by atoms with van der Waals surface area (Å²) in [6.45, 7) is 0. The molecule has 1 aliphatic heterocycles. The maximum atomic E-state index is 12.0. The van der Waals surface area contributed by atoms with Crippen molar-refractivity contribution in [2.45, 2.75) is 0 Å². The largest absolute Gasteiger partial charge is 0.402 e. The molecule has 0 bridgehead atoms. The van der Waals surface area contributed by atoms with E-state index in [4.69, 9.17) is 27.9 Å². The third-order valence-electron chi connectivity index (χ3n) is 2.98. The number of carbonyl (C=O) groups excluding carboxylic acids is 1. The van der Waals surface area contributed by atoms with Gasteiger partial charge in [0.2, 0.25) is 5.90 Å². The van der Waals surface area contributed by atoms with Crippen molar-refractivity contribution in [1.82, 2.24) is 0 Å². The second-order valence-corrected chi connectivity index (χ2v) is 6.18.